The number of aromatic carboxylic acids is 1. The van der Waals surface area contributed by atoms with Gasteiger partial charge < -0.3 is 31.1 Å². The Labute approximate surface area is 130 Å². The van der Waals surface area contributed by atoms with Crippen LogP contribution in [0.3, 0.4) is 0 Å². The summed E-state index contributed by atoms with van der Waals surface area (Å²) >= 11 is 0. The Morgan fingerprint density at radius 1 is 1.00 bits per heavy atom. The first-order valence-electron chi connectivity index (χ1n) is 6.46. The van der Waals surface area contributed by atoms with Gasteiger partial charge in [0, 0.05) is 11.8 Å². The molecule has 2 aromatic rings. The lowest BCUT2D eigenvalue weighted by Gasteiger charge is -2.14. The number of phenolic OH excluding ortho intramolecular Hbond substituents is 3. The van der Waals surface area contributed by atoms with Crippen LogP contribution in [0.15, 0.2) is 30.3 Å². The summed E-state index contributed by atoms with van der Waals surface area (Å²) in [5, 5.41) is 42.3. The van der Waals surface area contributed by atoms with E-state index in [1.165, 1.54) is 0 Å². The van der Waals surface area contributed by atoms with E-state index in [4.69, 9.17) is 5.11 Å². The van der Waals surface area contributed by atoms with Crippen LogP contribution in [0.4, 0.5) is 16.2 Å². The summed E-state index contributed by atoms with van der Waals surface area (Å²) in [7, 11) is 0. The van der Waals surface area contributed by atoms with Gasteiger partial charge in [-0.3, -0.25) is 0 Å². The zero-order chi connectivity index (χ0) is 17.1. The molecule has 0 fully saturated rings. The van der Waals surface area contributed by atoms with Gasteiger partial charge in [0.05, 0.1) is 5.56 Å². The van der Waals surface area contributed by atoms with Gasteiger partial charge in [0.25, 0.3) is 0 Å². The number of hydrogen-bond donors (Lipinski definition) is 6. The molecule has 0 aliphatic rings. The van der Waals surface area contributed by atoms with Gasteiger partial charge in [-0.05, 0) is 18.6 Å². The molecule has 2 aromatic carbocycles. The highest BCUT2D eigenvalue weighted by atomic mass is 16.4. The minimum absolute atomic E-state index is 0.490. The summed E-state index contributed by atoms with van der Waals surface area (Å²) in [5.74, 6) is -4.19. The number of aromatic hydroxyl groups is 3. The molecule has 0 saturated heterocycles. The third kappa shape index (κ3) is 3.26. The quantitative estimate of drug-likeness (QED) is 0.379. The summed E-state index contributed by atoms with van der Waals surface area (Å²) in [6, 6.07) is 6.80. The Bertz CT molecular complexity index is 788. The number of aryl methyl sites for hydroxylation is 1. The van der Waals surface area contributed by atoms with E-state index in [0.29, 0.717) is 5.69 Å². The highest BCUT2D eigenvalue weighted by Crippen LogP contribution is 2.43. The van der Waals surface area contributed by atoms with Gasteiger partial charge in [0.15, 0.2) is 11.5 Å². The number of benzene rings is 2. The van der Waals surface area contributed by atoms with Crippen LogP contribution in [0.1, 0.15) is 15.9 Å². The molecule has 0 aliphatic heterocycles. The molecular weight excluding hydrogens is 304 g/mol. The summed E-state index contributed by atoms with van der Waals surface area (Å²) in [6.07, 6.45) is 0. The Morgan fingerprint density at radius 3 is 2.26 bits per heavy atom. The highest BCUT2D eigenvalue weighted by Gasteiger charge is 2.22. The fraction of sp³-hybridized carbons (Fsp3) is 0.0667. The second kappa shape index (κ2) is 6.14. The van der Waals surface area contributed by atoms with Gasteiger partial charge >= 0.3 is 12.0 Å². The predicted octanol–water partition coefficient (Wildman–Crippen LogP) is 2.45. The third-order valence-corrected chi connectivity index (χ3v) is 3.12. The second-order valence-corrected chi connectivity index (χ2v) is 4.71. The predicted molar refractivity (Wildman–Crippen MR) is 82.2 cm³/mol. The van der Waals surface area contributed by atoms with Gasteiger partial charge in [-0.15, -0.1) is 0 Å². The molecule has 23 heavy (non-hydrogen) atoms. The molecular formula is C15H14N2O6. The molecule has 8 nitrogen and oxygen atoms in total. The Morgan fingerprint density at radius 2 is 1.65 bits per heavy atom. The average Bonchev–Trinajstić information content (AvgIpc) is 2.49. The van der Waals surface area contributed by atoms with E-state index in [-0.39, 0.29) is 0 Å². The molecule has 0 saturated carbocycles. The van der Waals surface area contributed by atoms with Crippen LogP contribution < -0.4 is 10.6 Å². The number of amides is 2. The highest BCUT2D eigenvalue weighted by molar-refractivity contribution is 6.07. The minimum atomic E-state index is -1.50. The standard InChI is InChI=1S/C15H14N2O6/c1-7-4-2-3-5-9(7)16-15(23)17-11-8(14(21)22)6-10(18)12(19)13(11)20/h2-6,18-20H,1H3,(H,21,22)(H2,16,17,23). The van der Waals surface area contributed by atoms with Gasteiger partial charge in [0.2, 0.25) is 5.75 Å². The topological polar surface area (TPSA) is 139 Å². The SMILES string of the molecule is Cc1ccccc1NC(=O)Nc1c(C(=O)O)cc(O)c(O)c1O. The maximum atomic E-state index is 12.0. The van der Waals surface area contributed by atoms with Crippen molar-refractivity contribution in [1.82, 2.24) is 0 Å². The molecule has 0 radical (unpaired) electrons. The van der Waals surface area contributed by atoms with Crippen molar-refractivity contribution in [3.05, 3.63) is 41.5 Å². The first kappa shape index (κ1) is 16.0. The van der Waals surface area contributed by atoms with Crippen molar-refractivity contribution in [3.8, 4) is 17.2 Å². The maximum Gasteiger partial charge on any atom is 0.338 e. The zero-order valence-electron chi connectivity index (χ0n) is 12.0. The summed E-state index contributed by atoms with van der Waals surface area (Å²) in [4.78, 5) is 23.1. The van der Waals surface area contributed by atoms with Crippen molar-refractivity contribution >= 4 is 23.4 Å². The lowest BCUT2D eigenvalue weighted by atomic mass is 10.1. The molecule has 6 N–H and O–H groups in total. The fourth-order valence-electron chi connectivity index (χ4n) is 1.92. The summed E-state index contributed by atoms with van der Waals surface area (Å²) < 4.78 is 0. The van der Waals surface area contributed by atoms with Crippen molar-refractivity contribution in [2.45, 2.75) is 6.92 Å². The van der Waals surface area contributed by atoms with Crippen molar-refractivity contribution in [1.29, 1.82) is 0 Å². The number of hydrogen-bond acceptors (Lipinski definition) is 5. The van der Waals surface area contributed by atoms with Crippen LogP contribution in [-0.4, -0.2) is 32.4 Å². The summed E-state index contributed by atoms with van der Waals surface area (Å²) in [6.45, 7) is 1.77. The Balaban J connectivity index is 2.32. The first-order chi connectivity index (χ1) is 10.8. The molecule has 0 aromatic heterocycles. The van der Waals surface area contributed by atoms with E-state index in [1.54, 1.807) is 31.2 Å². The van der Waals surface area contributed by atoms with Crippen LogP contribution >= 0.6 is 0 Å². The van der Waals surface area contributed by atoms with E-state index in [0.717, 1.165) is 11.6 Å². The second-order valence-electron chi connectivity index (χ2n) is 4.71. The summed E-state index contributed by atoms with van der Waals surface area (Å²) in [5.41, 5.74) is 0.167. The molecule has 0 unspecified atom stereocenters. The molecule has 0 aliphatic carbocycles. The number of carboxylic acids is 1. The van der Waals surface area contributed by atoms with Crippen LogP contribution in [0.25, 0.3) is 0 Å². The van der Waals surface area contributed by atoms with E-state index < -0.39 is 40.5 Å². The number of anilines is 2. The molecule has 8 heteroatoms. The van der Waals surface area contributed by atoms with Crippen molar-refractivity contribution < 1.29 is 30.0 Å². The average molecular weight is 318 g/mol. The normalized spacial score (nSPS) is 10.1. The molecule has 0 atom stereocenters. The number of carbonyl (C=O) groups is 2. The number of carboxylic acid groups (broad SMARTS) is 1. The van der Waals surface area contributed by atoms with Crippen molar-refractivity contribution in [3.63, 3.8) is 0 Å². The van der Waals surface area contributed by atoms with Crippen LogP contribution in [0.5, 0.6) is 17.2 Å². The Hall–Kier alpha value is -3.42. The molecule has 120 valence electrons. The van der Waals surface area contributed by atoms with E-state index >= 15 is 0 Å². The molecule has 2 rings (SSSR count). The number of nitrogens with one attached hydrogen (secondary N) is 2. The third-order valence-electron chi connectivity index (χ3n) is 3.12. The fourth-order valence-corrected chi connectivity index (χ4v) is 1.92. The van der Waals surface area contributed by atoms with Gasteiger partial charge in [-0.1, -0.05) is 18.2 Å². The number of carbonyl (C=O) groups excluding carboxylic acids is 1. The molecule has 0 spiro atoms. The van der Waals surface area contributed by atoms with E-state index in [1.807, 2.05) is 0 Å². The maximum absolute atomic E-state index is 12.0. The molecule has 2 amide bonds. The number of urea groups is 1. The lowest BCUT2D eigenvalue weighted by Crippen LogP contribution is -2.21. The van der Waals surface area contributed by atoms with Crippen molar-refractivity contribution in [2.75, 3.05) is 10.6 Å². The van der Waals surface area contributed by atoms with Gasteiger partial charge in [0.1, 0.15) is 5.69 Å². The van der Waals surface area contributed by atoms with Gasteiger partial charge in [-0.25, -0.2) is 9.59 Å². The smallest absolute Gasteiger partial charge is 0.338 e. The van der Waals surface area contributed by atoms with Crippen LogP contribution in [0.2, 0.25) is 0 Å². The zero-order valence-corrected chi connectivity index (χ0v) is 12.0. The van der Waals surface area contributed by atoms with Gasteiger partial charge in [-0.2, -0.15) is 0 Å². The molecule has 0 bridgehead atoms. The minimum Gasteiger partial charge on any atom is -0.504 e. The Kier molecular flexibility index (Phi) is 4.26. The molecule has 0 heterocycles. The van der Waals surface area contributed by atoms with Crippen LogP contribution in [-0.2, 0) is 0 Å². The largest absolute Gasteiger partial charge is 0.504 e. The van der Waals surface area contributed by atoms with Crippen molar-refractivity contribution in [2.24, 2.45) is 0 Å². The van der Waals surface area contributed by atoms with Crippen LogP contribution in [0, 0.1) is 6.92 Å². The monoisotopic (exact) mass is 318 g/mol. The van der Waals surface area contributed by atoms with E-state index in [2.05, 4.69) is 10.6 Å². The number of rotatable bonds is 3. The van der Waals surface area contributed by atoms with E-state index in [9.17, 15) is 24.9 Å². The number of phenols is 3. The first-order valence-corrected chi connectivity index (χ1v) is 6.46. The lowest BCUT2D eigenvalue weighted by molar-refractivity contribution is 0.0697. The number of para-hydroxylation sites is 1.